The van der Waals surface area contributed by atoms with Gasteiger partial charge in [-0.2, -0.15) is 13.2 Å². The summed E-state index contributed by atoms with van der Waals surface area (Å²) in [5, 5.41) is 10.8. The molecule has 21 heavy (non-hydrogen) atoms. The predicted octanol–water partition coefficient (Wildman–Crippen LogP) is 3.97. The highest BCUT2D eigenvalue weighted by Gasteiger charge is 2.33. The summed E-state index contributed by atoms with van der Waals surface area (Å²) in [7, 11) is -0.233. The highest BCUT2D eigenvalue weighted by Crippen LogP contribution is 2.33. The predicted molar refractivity (Wildman–Crippen MR) is 81.3 cm³/mol. The third-order valence-corrected chi connectivity index (χ3v) is 4.55. The molecule has 2 rings (SSSR count). The van der Waals surface area contributed by atoms with Crippen LogP contribution >= 0.6 is 8.58 Å². The molecule has 0 aliphatic rings. The maximum atomic E-state index is 13.1. The first-order valence-corrected chi connectivity index (χ1v) is 7.43. The van der Waals surface area contributed by atoms with E-state index in [0.29, 0.717) is 16.4 Å². The Morgan fingerprint density at radius 2 is 1.57 bits per heavy atom. The minimum absolute atomic E-state index is 0.0765. The van der Waals surface area contributed by atoms with E-state index in [1.165, 1.54) is 6.07 Å². The van der Waals surface area contributed by atoms with Gasteiger partial charge in [0.2, 0.25) is 0 Å². The van der Waals surface area contributed by atoms with Crippen molar-refractivity contribution >= 4 is 19.2 Å². The molecule has 0 aliphatic heterocycles. The number of aryl methyl sites for hydroxylation is 3. The van der Waals surface area contributed by atoms with E-state index in [-0.39, 0.29) is 19.6 Å². The van der Waals surface area contributed by atoms with Gasteiger partial charge in [0, 0.05) is 5.30 Å². The van der Waals surface area contributed by atoms with Crippen LogP contribution in [-0.2, 0) is 6.18 Å². The van der Waals surface area contributed by atoms with Crippen molar-refractivity contribution in [3.8, 4) is 5.75 Å². The fourth-order valence-corrected chi connectivity index (χ4v) is 3.62. The van der Waals surface area contributed by atoms with Crippen molar-refractivity contribution in [2.24, 2.45) is 0 Å². The van der Waals surface area contributed by atoms with Gasteiger partial charge in [0.05, 0.1) is 5.56 Å². The molecule has 112 valence electrons. The zero-order valence-corrected chi connectivity index (χ0v) is 13.0. The Hall–Kier alpha value is -1.54. The molecule has 0 heterocycles. The molecular formula is C16H16F3OP. The molecule has 0 saturated carbocycles. The van der Waals surface area contributed by atoms with Crippen molar-refractivity contribution in [1.82, 2.24) is 0 Å². The minimum atomic E-state index is -4.39. The first kappa shape index (κ1) is 15.8. The molecule has 1 atom stereocenters. The third kappa shape index (κ3) is 3.56. The van der Waals surface area contributed by atoms with Crippen LogP contribution in [0.1, 0.15) is 22.3 Å². The number of phenolic OH excluding ortho intramolecular Hbond substituents is 1. The maximum Gasteiger partial charge on any atom is 0.417 e. The summed E-state index contributed by atoms with van der Waals surface area (Å²) in [6.45, 7) is 5.24. The lowest BCUT2D eigenvalue weighted by Crippen LogP contribution is -2.18. The zero-order valence-electron chi connectivity index (χ0n) is 12.0. The zero-order chi connectivity index (χ0) is 15.8. The average Bonchev–Trinajstić information content (AvgIpc) is 2.36. The number of benzene rings is 2. The van der Waals surface area contributed by atoms with Gasteiger partial charge in [-0.15, -0.1) is 0 Å². The summed E-state index contributed by atoms with van der Waals surface area (Å²) in [6.07, 6.45) is -4.39. The monoisotopic (exact) mass is 312 g/mol. The Balaban J connectivity index is 2.50. The smallest absolute Gasteiger partial charge is 0.417 e. The van der Waals surface area contributed by atoms with E-state index in [1.807, 2.05) is 13.0 Å². The summed E-state index contributed by atoms with van der Waals surface area (Å²) in [5.41, 5.74) is 1.55. The van der Waals surface area contributed by atoms with Crippen molar-refractivity contribution in [3.05, 3.63) is 52.6 Å². The standard InChI is InChI=1S/C16H16F3OP/c1-9-4-5-13(12(7-9)16(17,18)19)21-14-8-10(2)6-11(3)15(14)20/h4-8,20-21H,1-3H3. The molecule has 0 aliphatic carbocycles. The first-order valence-electron chi connectivity index (χ1n) is 6.43. The van der Waals surface area contributed by atoms with E-state index < -0.39 is 11.7 Å². The molecular weight excluding hydrogens is 296 g/mol. The van der Waals surface area contributed by atoms with Crippen molar-refractivity contribution in [2.75, 3.05) is 0 Å². The van der Waals surface area contributed by atoms with Crippen LogP contribution in [0.4, 0.5) is 13.2 Å². The van der Waals surface area contributed by atoms with Crippen LogP contribution in [0.2, 0.25) is 0 Å². The number of halogens is 3. The lowest BCUT2D eigenvalue weighted by atomic mass is 10.1. The van der Waals surface area contributed by atoms with Crippen molar-refractivity contribution in [3.63, 3.8) is 0 Å². The second kappa shape index (κ2) is 5.69. The van der Waals surface area contributed by atoms with Crippen LogP contribution in [0.5, 0.6) is 5.75 Å². The molecule has 5 heteroatoms. The molecule has 0 amide bonds. The largest absolute Gasteiger partial charge is 0.507 e. The van der Waals surface area contributed by atoms with E-state index in [4.69, 9.17) is 0 Å². The van der Waals surface area contributed by atoms with Gasteiger partial charge < -0.3 is 5.11 Å². The molecule has 1 nitrogen and oxygen atoms in total. The van der Waals surface area contributed by atoms with Crippen LogP contribution in [0, 0.1) is 20.8 Å². The van der Waals surface area contributed by atoms with Crippen molar-refractivity contribution in [1.29, 1.82) is 0 Å². The molecule has 0 bridgehead atoms. The molecule has 0 spiro atoms. The Morgan fingerprint density at radius 1 is 0.905 bits per heavy atom. The first-order chi connectivity index (χ1) is 9.68. The molecule has 1 unspecified atom stereocenters. The lowest BCUT2D eigenvalue weighted by Gasteiger charge is -2.15. The molecule has 0 radical (unpaired) electrons. The van der Waals surface area contributed by atoms with Crippen molar-refractivity contribution < 1.29 is 18.3 Å². The van der Waals surface area contributed by atoms with Gasteiger partial charge in [-0.3, -0.25) is 0 Å². The second-order valence-electron chi connectivity index (χ2n) is 5.15. The Bertz CT molecular complexity index is 678. The quantitative estimate of drug-likeness (QED) is 0.832. The second-order valence-corrected chi connectivity index (χ2v) is 6.48. The van der Waals surface area contributed by atoms with Crippen LogP contribution in [-0.4, -0.2) is 5.11 Å². The molecule has 0 fully saturated rings. The van der Waals surface area contributed by atoms with Crippen LogP contribution < -0.4 is 10.6 Å². The van der Waals surface area contributed by atoms with Gasteiger partial charge in [0.15, 0.2) is 0 Å². The highest BCUT2D eigenvalue weighted by molar-refractivity contribution is 7.55. The number of hydrogen-bond donors (Lipinski definition) is 1. The van der Waals surface area contributed by atoms with E-state index in [9.17, 15) is 18.3 Å². The molecule has 0 aromatic heterocycles. The number of hydrogen-bond acceptors (Lipinski definition) is 1. The fraction of sp³-hybridized carbons (Fsp3) is 0.250. The summed E-state index contributed by atoms with van der Waals surface area (Å²) >= 11 is 0. The third-order valence-electron chi connectivity index (χ3n) is 3.19. The van der Waals surface area contributed by atoms with Gasteiger partial charge in [-0.1, -0.05) is 32.3 Å². The Morgan fingerprint density at radius 3 is 2.19 bits per heavy atom. The molecule has 0 saturated heterocycles. The van der Waals surface area contributed by atoms with Gasteiger partial charge >= 0.3 is 6.18 Å². The average molecular weight is 312 g/mol. The number of phenols is 1. The summed E-state index contributed by atoms with van der Waals surface area (Å²) in [6, 6.07) is 7.86. The number of alkyl halides is 3. The summed E-state index contributed by atoms with van der Waals surface area (Å²) in [4.78, 5) is 0. The molecule has 1 N–H and O–H groups in total. The van der Waals surface area contributed by atoms with Crippen LogP contribution in [0.3, 0.4) is 0 Å². The molecule has 2 aromatic rings. The maximum absolute atomic E-state index is 13.1. The Kier molecular flexibility index (Phi) is 4.29. The van der Waals surface area contributed by atoms with E-state index in [1.54, 1.807) is 26.0 Å². The van der Waals surface area contributed by atoms with Crippen molar-refractivity contribution in [2.45, 2.75) is 26.9 Å². The van der Waals surface area contributed by atoms with E-state index in [2.05, 4.69) is 0 Å². The van der Waals surface area contributed by atoms with E-state index in [0.717, 1.165) is 11.6 Å². The topological polar surface area (TPSA) is 20.2 Å². The van der Waals surface area contributed by atoms with Crippen LogP contribution in [0.15, 0.2) is 30.3 Å². The van der Waals surface area contributed by atoms with Gasteiger partial charge in [-0.25, -0.2) is 0 Å². The number of aromatic hydroxyl groups is 1. The minimum Gasteiger partial charge on any atom is -0.507 e. The fourth-order valence-electron chi connectivity index (χ4n) is 2.20. The lowest BCUT2D eigenvalue weighted by molar-refractivity contribution is -0.136. The van der Waals surface area contributed by atoms with Gasteiger partial charge in [0.1, 0.15) is 5.75 Å². The highest BCUT2D eigenvalue weighted by atomic mass is 31.1. The van der Waals surface area contributed by atoms with E-state index >= 15 is 0 Å². The van der Waals surface area contributed by atoms with Gasteiger partial charge in [-0.05, 0) is 49.3 Å². The summed E-state index contributed by atoms with van der Waals surface area (Å²) < 4.78 is 39.4. The van der Waals surface area contributed by atoms with Crippen LogP contribution in [0.25, 0.3) is 0 Å². The Labute approximate surface area is 123 Å². The normalized spacial score (nSPS) is 12.3. The number of rotatable bonds is 2. The summed E-state index contributed by atoms with van der Waals surface area (Å²) in [5.74, 6) is 0.0765. The van der Waals surface area contributed by atoms with Gasteiger partial charge in [0.25, 0.3) is 0 Å². The molecule has 2 aromatic carbocycles. The SMILES string of the molecule is Cc1cc(C)c(O)c(Pc2ccc(C)cc2C(F)(F)F)c1.